The standard InChI is InChI=1S/C14H16N2O4/c1-7-2-3-8(6-11(7)12(15)17)16-13(18)9-4-5-10(9)14(19)20/h2-3,6,9-10H,4-5H2,1H3,(H2,15,17)(H,16,18)(H,19,20). The van der Waals surface area contributed by atoms with Gasteiger partial charge in [0.2, 0.25) is 11.8 Å². The summed E-state index contributed by atoms with van der Waals surface area (Å²) in [7, 11) is 0. The van der Waals surface area contributed by atoms with E-state index in [1.54, 1.807) is 19.1 Å². The van der Waals surface area contributed by atoms with E-state index in [0.717, 1.165) is 5.56 Å². The summed E-state index contributed by atoms with van der Waals surface area (Å²) < 4.78 is 0. The van der Waals surface area contributed by atoms with Gasteiger partial charge in [-0.15, -0.1) is 0 Å². The molecule has 1 aliphatic carbocycles. The highest BCUT2D eigenvalue weighted by Gasteiger charge is 2.41. The fourth-order valence-corrected chi connectivity index (χ4v) is 2.31. The molecule has 0 aromatic heterocycles. The minimum atomic E-state index is -0.946. The van der Waals surface area contributed by atoms with E-state index in [-0.39, 0.29) is 5.91 Å². The van der Waals surface area contributed by atoms with Gasteiger partial charge in [0.15, 0.2) is 0 Å². The molecule has 1 fully saturated rings. The first-order valence-electron chi connectivity index (χ1n) is 6.34. The number of carbonyl (C=O) groups excluding carboxylic acids is 2. The van der Waals surface area contributed by atoms with E-state index >= 15 is 0 Å². The first kappa shape index (κ1) is 14.0. The Balaban J connectivity index is 2.11. The van der Waals surface area contributed by atoms with Crippen molar-refractivity contribution in [2.45, 2.75) is 19.8 Å². The maximum absolute atomic E-state index is 12.0. The Labute approximate surface area is 116 Å². The number of nitrogens with two attached hydrogens (primary N) is 1. The lowest BCUT2D eigenvalue weighted by Crippen LogP contribution is -2.41. The maximum Gasteiger partial charge on any atom is 0.307 e. The fraction of sp³-hybridized carbons (Fsp3) is 0.357. The van der Waals surface area contributed by atoms with Crippen LogP contribution in [-0.4, -0.2) is 22.9 Å². The molecule has 2 amide bonds. The second kappa shape index (κ2) is 5.32. The number of anilines is 1. The first-order chi connectivity index (χ1) is 9.40. The number of rotatable bonds is 4. The van der Waals surface area contributed by atoms with Crippen LogP contribution in [0, 0.1) is 18.8 Å². The highest BCUT2D eigenvalue weighted by Crippen LogP contribution is 2.35. The third kappa shape index (κ3) is 2.64. The fourth-order valence-electron chi connectivity index (χ4n) is 2.31. The van der Waals surface area contributed by atoms with Gasteiger partial charge in [0.05, 0.1) is 11.8 Å². The number of carboxylic acid groups (broad SMARTS) is 1. The molecule has 1 aromatic carbocycles. The van der Waals surface area contributed by atoms with Crippen LogP contribution in [0.5, 0.6) is 0 Å². The molecular weight excluding hydrogens is 260 g/mol. The third-order valence-electron chi connectivity index (χ3n) is 3.70. The number of hydrogen-bond donors (Lipinski definition) is 3. The Morgan fingerprint density at radius 2 is 1.90 bits per heavy atom. The van der Waals surface area contributed by atoms with E-state index < -0.39 is 23.7 Å². The number of carbonyl (C=O) groups is 3. The van der Waals surface area contributed by atoms with E-state index in [1.165, 1.54) is 6.07 Å². The Morgan fingerprint density at radius 1 is 1.25 bits per heavy atom. The van der Waals surface area contributed by atoms with Crippen LogP contribution < -0.4 is 11.1 Å². The maximum atomic E-state index is 12.0. The van der Waals surface area contributed by atoms with Crippen LogP contribution in [0.4, 0.5) is 5.69 Å². The Bertz CT molecular complexity index is 583. The number of aliphatic carboxylic acids is 1. The smallest absolute Gasteiger partial charge is 0.307 e. The zero-order valence-corrected chi connectivity index (χ0v) is 11.1. The number of aryl methyl sites for hydroxylation is 1. The summed E-state index contributed by atoms with van der Waals surface area (Å²) in [4.78, 5) is 34.1. The summed E-state index contributed by atoms with van der Waals surface area (Å²) >= 11 is 0. The molecule has 1 saturated carbocycles. The summed E-state index contributed by atoms with van der Waals surface area (Å²) in [6.07, 6.45) is 1.09. The van der Waals surface area contributed by atoms with Gasteiger partial charge in [0, 0.05) is 11.3 Å². The monoisotopic (exact) mass is 276 g/mol. The van der Waals surface area contributed by atoms with Crippen molar-refractivity contribution in [2.75, 3.05) is 5.32 Å². The van der Waals surface area contributed by atoms with Gasteiger partial charge < -0.3 is 16.2 Å². The molecule has 6 heteroatoms. The molecule has 0 heterocycles. The van der Waals surface area contributed by atoms with Crippen LogP contribution in [0.25, 0.3) is 0 Å². The van der Waals surface area contributed by atoms with Gasteiger partial charge in [-0.05, 0) is 37.5 Å². The number of primary amides is 1. The average molecular weight is 276 g/mol. The normalized spacial score (nSPS) is 20.9. The summed E-state index contributed by atoms with van der Waals surface area (Å²) in [5.41, 5.74) is 6.76. The predicted molar refractivity (Wildman–Crippen MR) is 72.2 cm³/mol. The summed E-state index contributed by atoms with van der Waals surface area (Å²) in [5, 5.41) is 11.6. The van der Waals surface area contributed by atoms with Gasteiger partial charge in [0.1, 0.15) is 0 Å². The summed E-state index contributed by atoms with van der Waals surface area (Å²) in [6.45, 7) is 1.75. The van der Waals surface area contributed by atoms with Crippen molar-refractivity contribution in [3.8, 4) is 0 Å². The van der Waals surface area contributed by atoms with Crippen molar-refractivity contribution in [3.63, 3.8) is 0 Å². The first-order valence-corrected chi connectivity index (χ1v) is 6.34. The van der Waals surface area contributed by atoms with Crippen LogP contribution in [0.3, 0.4) is 0 Å². The highest BCUT2D eigenvalue weighted by atomic mass is 16.4. The van der Waals surface area contributed by atoms with Crippen LogP contribution in [0.2, 0.25) is 0 Å². The van der Waals surface area contributed by atoms with Gasteiger partial charge in [0.25, 0.3) is 0 Å². The lowest BCUT2D eigenvalue weighted by molar-refractivity contribution is -0.151. The summed E-state index contributed by atoms with van der Waals surface area (Å²) in [5.74, 6) is -2.96. The molecule has 0 aliphatic heterocycles. The van der Waals surface area contributed by atoms with Crippen LogP contribution in [0.15, 0.2) is 18.2 Å². The van der Waals surface area contributed by atoms with Crippen molar-refractivity contribution in [2.24, 2.45) is 17.6 Å². The van der Waals surface area contributed by atoms with Crippen LogP contribution in [0.1, 0.15) is 28.8 Å². The van der Waals surface area contributed by atoms with Gasteiger partial charge in [-0.25, -0.2) is 0 Å². The molecule has 0 saturated heterocycles. The number of hydrogen-bond acceptors (Lipinski definition) is 3. The lowest BCUT2D eigenvalue weighted by Gasteiger charge is -2.31. The molecule has 0 spiro atoms. The lowest BCUT2D eigenvalue weighted by atomic mass is 9.73. The molecule has 106 valence electrons. The molecule has 4 N–H and O–H groups in total. The predicted octanol–water partition coefficient (Wildman–Crippen LogP) is 1.14. The number of carboxylic acids is 1. The van der Waals surface area contributed by atoms with Crippen molar-refractivity contribution < 1.29 is 19.5 Å². The Morgan fingerprint density at radius 3 is 2.40 bits per heavy atom. The number of nitrogens with one attached hydrogen (secondary N) is 1. The minimum Gasteiger partial charge on any atom is -0.481 e. The van der Waals surface area contributed by atoms with Crippen molar-refractivity contribution in [3.05, 3.63) is 29.3 Å². The van der Waals surface area contributed by atoms with Crippen molar-refractivity contribution >= 4 is 23.5 Å². The molecule has 1 aromatic rings. The average Bonchev–Trinajstić information content (AvgIpc) is 2.28. The quantitative estimate of drug-likeness (QED) is 0.766. The van der Waals surface area contributed by atoms with Gasteiger partial charge in [-0.2, -0.15) is 0 Å². The molecule has 2 rings (SSSR count). The Kier molecular flexibility index (Phi) is 3.74. The van der Waals surface area contributed by atoms with Gasteiger partial charge >= 0.3 is 5.97 Å². The molecule has 20 heavy (non-hydrogen) atoms. The molecule has 0 radical (unpaired) electrons. The van der Waals surface area contributed by atoms with E-state index in [4.69, 9.17) is 10.8 Å². The van der Waals surface area contributed by atoms with Crippen LogP contribution >= 0.6 is 0 Å². The number of amides is 2. The third-order valence-corrected chi connectivity index (χ3v) is 3.70. The van der Waals surface area contributed by atoms with Gasteiger partial charge in [-0.1, -0.05) is 6.07 Å². The number of benzene rings is 1. The minimum absolute atomic E-state index is 0.331. The van der Waals surface area contributed by atoms with E-state index in [1.807, 2.05) is 0 Å². The molecule has 0 bridgehead atoms. The molecular formula is C14H16N2O4. The SMILES string of the molecule is Cc1ccc(NC(=O)C2CCC2C(=O)O)cc1C(N)=O. The zero-order chi connectivity index (χ0) is 14.9. The largest absolute Gasteiger partial charge is 0.481 e. The molecule has 2 unspecified atom stereocenters. The second-order valence-electron chi connectivity index (χ2n) is 5.01. The topological polar surface area (TPSA) is 109 Å². The molecule has 2 atom stereocenters. The zero-order valence-electron chi connectivity index (χ0n) is 11.1. The van der Waals surface area contributed by atoms with Crippen LogP contribution in [-0.2, 0) is 9.59 Å². The van der Waals surface area contributed by atoms with Crippen molar-refractivity contribution in [1.82, 2.24) is 0 Å². The van der Waals surface area contributed by atoms with E-state index in [2.05, 4.69) is 5.32 Å². The molecule has 1 aliphatic rings. The Hall–Kier alpha value is -2.37. The summed E-state index contributed by atoms with van der Waals surface area (Å²) in [6, 6.07) is 4.85. The van der Waals surface area contributed by atoms with E-state index in [0.29, 0.717) is 24.1 Å². The highest BCUT2D eigenvalue weighted by molar-refractivity contribution is 5.99. The van der Waals surface area contributed by atoms with E-state index in [9.17, 15) is 14.4 Å². The molecule has 6 nitrogen and oxygen atoms in total. The van der Waals surface area contributed by atoms with Crippen molar-refractivity contribution in [1.29, 1.82) is 0 Å². The second-order valence-corrected chi connectivity index (χ2v) is 5.01. The van der Waals surface area contributed by atoms with Gasteiger partial charge in [-0.3, -0.25) is 14.4 Å².